The average Bonchev–Trinajstić information content (AvgIpc) is 3.39. The summed E-state index contributed by atoms with van der Waals surface area (Å²) in [7, 11) is 0. The molecule has 1 aliphatic rings. The van der Waals surface area contributed by atoms with Crippen molar-refractivity contribution in [1.29, 1.82) is 0 Å². The summed E-state index contributed by atoms with van der Waals surface area (Å²) in [6.07, 6.45) is 1.35. The molecule has 1 saturated heterocycles. The third-order valence-electron chi connectivity index (χ3n) is 5.07. The fourth-order valence-corrected chi connectivity index (χ4v) is 4.85. The summed E-state index contributed by atoms with van der Waals surface area (Å²) in [5, 5.41) is 3.58. The number of carbonyl (C=O) groups is 4. The van der Waals surface area contributed by atoms with Gasteiger partial charge in [0.2, 0.25) is 5.91 Å². The maximum Gasteiger partial charge on any atom is 0.325 e. The molecular weight excluding hydrogens is 452 g/mol. The van der Waals surface area contributed by atoms with Crippen molar-refractivity contribution in [3.8, 4) is 0 Å². The zero-order valence-corrected chi connectivity index (χ0v) is 18.5. The first-order chi connectivity index (χ1) is 15.4. The lowest BCUT2D eigenvalue weighted by molar-refractivity contribution is -0.141. The summed E-state index contributed by atoms with van der Waals surface area (Å²) in [4.78, 5) is 50.4. The molecule has 1 aromatic heterocycles. The van der Waals surface area contributed by atoms with Gasteiger partial charge in [-0.15, -0.1) is 11.3 Å². The van der Waals surface area contributed by atoms with Gasteiger partial charge in [0.15, 0.2) is 12.4 Å². The lowest BCUT2D eigenvalue weighted by atomic mass is 10.1. The highest BCUT2D eigenvalue weighted by molar-refractivity contribution is 7.21. The number of ether oxygens (including phenoxy) is 1. The van der Waals surface area contributed by atoms with Gasteiger partial charge in [0.25, 0.3) is 5.91 Å². The minimum atomic E-state index is -0.733. The summed E-state index contributed by atoms with van der Waals surface area (Å²) in [5.74, 6) is -1.52. The van der Waals surface area contributed by atoms with Crippen LogP contribution in [-0.4, -0.2) is 43.3 Å². The molecule has 7 nitrogen and oxygen atoms in total. The van der Waals surface area contributed by atoms with Gasteiger partial charge in [-0.3, -0.25) is 19.2 Å². The molecule has 0 aliphatic carbocycles. The summed E-state index contributed by atoms with van der Waals surface area (Å²) < 4.78 is 5.85. The largest absolute Gasteiger partial charge is 0.456 e. The molecule has 0 radical (unpaired) electrons. The lowest BCUT2D eigenvalue weighted by Crippen LogP contribution is -2.31. The van der Waals surface area contributed by atoms with Gasteiger partial charge < -0.3 is 15.0 Å². The second kappa shape index (κ2) is 9.50. The number of Topliss-reactive ketones (excluding diaryl/α,β-unsaturated/α-hetero) is 1. The van der Waals surface area contributed by atoms with E-state index in [0.29, 0.717) is 28.4 Å². The number of anilines is 1. The number of rotatable bonds is 7. The van der Waals surface area contributed by atoms with Gasteiger partial charge >= 0.3 is 5.97 Å². The Bertz CT molecular complexity index is 1200. The molecular formula is C23H19ClN2O5S. The highest BCUT2D eigenvalue weighted by atomic mass is 35.5. The number of hydrogen-bond donors (Lipinski definition) is 1. The molecule has 164 valence electrons. The van der Waals surface area contributed by atoms with Crippen molar-refractivity contribution in [3.05, 3.63) is 64.0 Å². The normalized spacial score (nSPS) is 13.4. The molecule has 1 aliphatic heterocycles. The van der Waals surface area contributed by atoms with Crippen LogP contribution in [-0.2, 0) is 14.3 Å². The smallest absolute Gasteiger partial charge is 0.325 e. The predicted molar refractivity (Wildman–Crippen MR) is 122 cm³/mol. The molecule has 0 saturated carbocycles. The van der Waals surface area contributed by atoms with Crippen LogP contribution >= 0.6 is 22.9 Å². The number of carbonyl (C=O) groups excluding carboxylic acids is 4. The number of ketones is 1. The van der Waals surface area contributed by atoms with Gasteiger partial charge in [0, 0.05) is 34.3 Å². The summed E-state index contributed by atoms with van der Waals surface area (Å²) in [6.45, 7) is -0.158. The van der Waals surface area contributed by atoms with Crippen LogP contribution in [0.3, 0.4) is 0 Å². The highest BCUT2D eigenvalue weighted by Gasteiger charge is 2.22. The molecule has 0 spiro atoms. The highest BCUT2D eigenvalue weighted by Crippen LogP contribution is 2.34. The molecule has 1 fully saturated rings. The van der Waals surface area contributed by atoms with Gasteiger partial charge in [-0.05, 0) is 36.8 Å². The fourth-order valence-electron chi connectivity index (χ4n) is 3.42. The van der Waals surface area contributed by atoms with Crippen LogP contribution in [0.15, 0.2) is 48.5 Å². The second-order valence-electron chi connectivity index (χ2n) is 7.20. The number of benzene rings is 2. The number of nitrogens with zero attached hydrogens (tertiary/aromatic N) is 1. The maximum atomic E-state index is 12.4. The number of hydrogen-bond acceptors (Lipinski definition) is 6. The maximum absolute atomic E-state index is 12.4. The van der Waals surface area contributed by atoms with Gasteiger partial charge in [-0.25, -0.2) is 0 Å². The molecule has 3 aromatic rings. The third-order valence-corrected chi connectivity index (χ3v) is 6.75. The van der Waals surface area contributed by atoms with E-state index in [0.717, 1.165) is 22.2 Å². The Morgan fingerprint density at radius 2 is 1.84 bits per heavy atom. The van der Waals surface area contributed by atoms with Crippen molar-refractivity contribution < 1.29 is 23.9 Å². The van der Waals surface area contributed by atoms with Gasteiger partial charge in [0.1, 0.15) is 11.4 Å². The van der Waals surface area contributed by atoms with Crippen LogP contribution in [0.2, 0.25) is 5.02 Å². The van der Waals surface area contributed by atoms with Crippen LogP contribution in [0.1, 0.15) is 32.9 Å². The molecule has 0 unspecified atom stereocenters. The second-order valence-corrected chi connectivity index (χ2v) is 8.63. The number of fused-ring (bicyclic) bond motifs is 1. The van der Waals surface area contributed by atoms with Crippen molar-refractivity contribution >= 4 is 62.3 Å². The number of esters is 1. The van der Waals surface area contributed by atoms with E-state index >= 15 is 0 Å². The first-order valence-electron chi connectivity index (χ1n) is 9.98. The van der Waals surface area contributed by atoms with E-state index in [2.05, 4.69) is 5.32 Å². The predicted octanol–water partition coefficient (Wildman–Crippen LogP) is 3.84. The van der Waals surface area contributed by atoms with Crippen molar-refractivity contribution in [2.75, 3.05) is 24.6 Å². The van der Waals surface area contributed by atoms with E-state index in [1.807, 2.05) is 24.3 Å². The van der Waals surface area contributed by atoms with E-state index in [4.69, 9.17) is 16.3 Å². The Labute approximate surface area is 192 Å². The Hall–Kier alpha value is -3.23. The average molecular weight is 471 g/mol. The Morgan fingerprint density at radius 1 is 1.09 bits per heavy atom. The molecule has 0 atom stereocenters. The number of thiophene rings is 1. The van der Waals surface area contributed by atoms with E-state index in [1.165, 1.54) is 11.3 Å². The standard InChI is InChI=1S/C23H19ClN2O5S/c24-21-16-4-1-2-5-18(16)32-22(21)23(30)25-12-20(29)31-13-17(27)14-7-9-15(10-8-14)26-11-3-6-19(26)28/h1-2,4-5,7-10H,3,6,11-13H2,(H,25,30). The Balaban J connectivity index is 1.27. The molecule has 2 heterocycles. The topological polar surface area (TPSA) is 92.8 Å². The monoisotopic (exact) mass is 470 g/mol. The first kappa shape index (κ1) is 22.0. The van der Waals surface area contributed by atoms with Crippen LogP contribution in [0.25, 0.3) is 10.1 Å². The lowest BCUT2D eigenvalue weighted by Gasteiger charge is -2.15. The summed E-state index contributed by atoms with van der Waals surface area (Å²) in [6, 6.07) is 14.0. The van der Waals surface area contributed by atoms with Crippen molar-refractivity contribution in [2.24, 2.45) is 0 Å². The zero-order valence-electron chi connectivity index (χ0n) is 16.9. The zero-order chi connectivity index (χ0) is 22.7. The van der Waals surface area contributed by atoms with Gasteiger partial charge in [-0.2, -0.15) is 0 Å². The van der Waals surface area contributed by atoms with E-state index in [1.54, 1.807) is 29.2 Å². The number of nitrogens with one attached hydrogen (secondary N) is 1. The summed E-state index contributed by atoms with van der Waals surface area (Å²) >= 11 is 7.50. The molecule has 9 heteroatoms. The number of amides is 2. The van der Waals surface area contributed by atoms with Crippen molar-refractivity contribution in [2.45, 2.75) is 12.8 Å². The number of halogens is 1. The van der Waals surface area contributed by atoms with Crippen LogP contribution < -0.4 is 10.2 Å². The molecule has 32 heavy (non-hydrogen) atoms. The van der Waals surface area contributed by atoms with E-state index in [-0.39, 0.29) is 18.2 Å². The third kappa shape index (κ3) is 4.66. The minimum absolute atomic E-state index is 0.0667. The van der Waals surface area contributed by atoms with Crippen LogP contribution in [0, 0.1) is 0 Å². The van der Waals surface area contributed by atoms with Crippen LogP contribution in [0.5, 0.6) is 0 Å². The molecule has 4 rings (SSSR count). The van der Waals surface area contributed by atoms with E-state index in [9.17, 15) is 19.2 Å². The SMILES string of the molecule is O=C(CNC(=O)c1sc2ccccc2c1Cl)OCC(=O)c1ccc(N2CCCC2=O)cc1. The van der Waals surface area contributed by atoms with Gasteiger partial charge in [0.05, 0.1) is 5.02 Å². The molecule has 1 N–H and O–H groups in total. The van der Waals surface area contributed by atoms with Crippen molar-refractivity contribution in [3.63, 3.8) is 0 Å². The van der Waals surface area contributed by atoms with Crippen molar-refractivity contribution in [1.82, 2.24) is 5.32 Å². The Morgan fingerprint density at radius 3 is 2.53 bits per heavy atom. The molecule has 2 amide bonds. The minimum Gasteiger partial charge on any atom is -0.456 e. The van der Waals surface area contributed by atoms with Crippen LogP contribution in [0.4, 0.5) is 5.69 Å². The fraction of sp³-hybridized carbons (Fsp3) is 0.217. The van der Waals surface area contributed by atoms with E-state index < -0.39 is 18.5 Å². The first-order valence-corrected chi connectivity index (χ1v) is 11.2. The van der Waals surface area contributed by atoms with Gasteiger partial charge in [-0.1, -0.05) is 29.8 Å². The molecule has 2 aromatic carbocycles. The quantitative estimate of drug-likeness (QED) is 0.418. The molecule has 0 bridgehead atoms. The summed E-state index contributed by atoms with van der Waals surface area (Å²) in [5.41, 5.74) is 1.11. The Kier molecular flexibility index (Phi) is 6.53.